The van der Waals surface area contributed by atoms with Gasteiger partial charge in [0.2, 0.25) is 0 Å². The number of aromatic nitrogens is 2. The molecule has 90 valence electrons. The van der Waals surface area contributed by atoms with Gasteiger partial charge in [-0.05, 0) is 12.1 Å². The fourth-order valence-corrected chi connectivity index (χ4v) is 2.20. The molecule has 2 aromatic rings. The molecule has 0 aliphatic heterocycles. The number of hydrogen-bond acceptors (Lipinski definition) is 3. The number of nitrogens with zero attached hydrogens (tertiary/aromatic N) is 2. The van der Waals surface area contributed by atoms with E-state index in [0.29, 0.717) is 27.0 Å². The Hall–Kier alpha value is -1.23. The van der Waals surface area contributed by atoms with Gasteiger partial charge in [-0.25, -0.2) is 0 Å². The van der Waals surface area contributed by atoms with E-state index in [2.05, 4.69) is 5.10 Å². The molecule has 1 heterocycles. The Labute approximate surface area is 109 Å². The highest BCUT2D eigenvalue weighted by atomic mass is 35.5. The first kappa shape index (κ1) is 12.2. The second kappa shape index (κ2) is 4.56. The molecule has 0 aliphatic carbocycles. The summed E-state index contributed by atoms with van der Waals surface area (Å²) in [5, 5.41) is 15.0. The number of hydrogen-bond donors (Lipinski definition) is 2. The molecule has 6 heteroatoms. The summed E-state index contributed by atoms with van der Waals surface area (Å²) in [6, 6.07) is 4.94. The molecular formula is C11H11Cl2N3O. The molecule has 2 rings (SSSR count). The Bertz CT molecular complexity index is 534. The Kier molecular flexibility index (Phi) is 3.28. The van der Waals surface area contributed by atoms with Gasteiger partial charge in [-0.2, -0.15) is 5.10 Å². The number of aliphatic hydroxyl groups excluding tert-OH is 1. The fourth-order valence-electron chi connectivity index (χ4n) is 1.64. The predicted molar refractivity (Wildman–Crippen MR) is 68.1 cm³/mol. The van der Waals surface area contributed by atoms with E-state index in [9.17, 15) is 5.11 Å². The van der Waals surface area contributed by atoms with E-state index in [4.69, 9.17) is 28.9 Å². The molecule has 0 bridgehead atoms. The zero-order chi connectivity index (χ0) is 12.6. The van der Waals surface area contributed by atoms with Crippen molar-refractivity contribution in [1.29, 1.82) is 0 Å². The minimum Gasteiger partial charge on any atom is -0.399 e. The van der Waals surface area contributed by atoms with Gasteiger partial charge in [0.1, 0.15) is 6.10 Å². The summed E-state index contributed by atoms with van der Waals surface area (Å²) in [4.78, 5) is 0. The van der Waals surface area contributed by atoms with Crippen LogP contribution in [0, 0.1) is 0 Å². The van der Waals surface area contributed by atoms with Gasteiger partial charge in [0.05, 0.1) is 16.9 Å². The maximum Gasteiger partial charge on any atom is 0.124 e. The molecule has 1 unspecified atom stereocenters. The molecule has 1 aromatic carbocycles. The van der Waals surface area contributed by atoms with Crippen molar-refractivity contribution in [3.8, 4) is 0 Å². The third kappa shape index (κ3) is 2.24. The highest BCUT2D eigenvalue weighted by Crippen LogP contribution is 2.32. The van der Waals surface area contributed by atoms with Crippen LogP contribution in [0.15, 0.2) is 24.4 Å². The van der Waals surface area contributed by atoms with Crippen molar-refractivity contribution in [1.82, 2.24) is 9.78 Å². The third-order valence-electron chi connectivity index (χ3n) is 2.52. The van der Waals surface area contributed by atoms with Crippen LogP contribution in [0.2, 0.25) is 10.0 Å². The van der Waals surface area contributed by atoms with Crippen LogP contribution in [-0.2, 0) is 7.05 Å². The van der Waals surface area contributed by atoms with E-state index >= 15 is 0 Å². The summed E-state index contributed by atoms with van der Waals surface area (Å²) in [6.07, 6.45) is 0.550. The van der Waals surface area contributed by atoms with Crippen LogP contribution >= 0.6 is 23.2 Å². The lowest BCUT2D eigenvalue weighted by Gasteiger charge is -2.14. The quantitative estimate of drug-likeness (QED) is 0.825. The lowest BCUT2D eigenvalue weighted by Crippen LogP contribution is -2.08. The smallest absolute Gasteiger partial charge is 0.124 e. The molecule has 1 atom stereocenters. The Balaban J connectivity index is 2.47. The molecule has 1 aromatic heterocycles. The first-order chi connectivity index (χ1) is 8.00. The highest BCUT2D eigenvalue weighted by Gasteiger charge is 2.20. The van der Waals surface area contributed by atoms with Gasteiger partial charge in [0.15, 0.2) is 0 Å². The Morgan fingerprint density at radius 3 is 2.59 bits per heavy atom. The van der Waals surface area contributed by atoms with E-state index < -0.39 is 6.10 Å². The van der Waals surface area contributed by atoms with Gasteiger partial charge in [-0.3, -0.25) is 4.68 Å². The van der Waals surface area contributed by atoms with Gasteiger partial charge < -0.3 is 10.8 Å². The average Bonchev–Trinajstić information content (AvgIpc) is 2.58. The van der Waals surface area contributed by atoms with Crippen LogP contribution in [0.1, 0.15) is 17.4 Å². The number of anilines is 1. The summed E-state index contributed by atoms with van der Waals surface area (Å²) in [6.45, 7) is 0. The van der Waals surface area contributed by atoms with Crippen molar-refractivity contribution in [2.75, 3.05) is 5.73 Å². The van der Waals surface area contributed by atoms with Crippen molar-refractivity contribution < 1.29 is 5.11 Å². The number of nitrogens with two attached hydrogens (primary N) is 1. The van der Waals surface area contributed by atoms with Crippen LogP contribution in [0.5, 0.6) is 0 Å². The molecule has 0 aliphatic rings. The minimum atomic E-state index is -0.928. The van der Waals surface area contributed by atoms with Crippen LogP contribution in [-0.4, -0.2) is 14.9 Å². The van der Waals surface area contributed by atoms with Crippen molar-refractivity contribution in [2.24, 2.45) is 7.05 Å². The van der Waals surface area contributed by atoms with Gasteiger partial charge in [-0.15, -0.1) is 0 Å². The van der Waals surface area contributed by atoms with Gasteiger partial charge >= 0.3 is 0 Å². The maximum atomic E-state index is 10.2. The number of halogens is 2. The van der Waals surface area contributed by atoms with Gasteiger partial charge in [0, 0.05) is 23.3 Å². The van der Waals surface area contributed by atoms with Gasteiger partial charge in [0.25, 0.3) is 0 Å². The monoisotopic (exact) mass is 271 g/mol. The third-order valence-corrected chi connectivity index (χ3v) is 3.13. The molecule has 0 fully saturated rings. The van der Waals surface area contributed by atoms with Crippen LogP contribution in [0.4, 0.5) is 5.69 Å². The number of benzene rings is 1. The SMILES string of the molecule is Cn1ncc(Cl)c1C(O)c1ccc(N)cc1Cl. The van der Waals surface area contributed by atoms with Gasteiger partial charge in [-0.1, -0.05) is 29.3 Å². The molecule has 3 N–H and O–H groups in total. The second-order valence-corrected chi connectivity index (χ2v) is 4.50. The Morgan fingerprint density at radius 1 is 1.35 bits per heavy atom. The molecule has 0 amide bonds. The summed E-state index contributed by atoms with van der Waals surface area (Å²) in [5.74, 6) is 0. The van der Waals surface area contributed by atoms with Crippen molar-refractivity contribution in [3.05, 3.63) is 45.7 Å². The fraction of sp³-hybridized carbons (Fsp3) is 0.182. The summed E-state index contributed by atoms with van der Waals surface area (Å²) in [7, 11) is 1.70. The number of aliphatic hydroxyl groups is 1. The van der Waals surface area contributed by atoms with Crippen molar-refractivity contribution in [2.45, 2.75) is 6.10 Å². The van der Waals surface area contributed by atoms with Crippen molar-refractivity contribution >= 4 is 28.9 Å². The molecule has 0 saturated carbocycles. The first-order valence-corrected chi connectivity index (χ1v) is 5.66. The van der Waals surface area contributed by atoms with Crippen LogP contribution in [0.25, 0.3) is 0 Å². The van der Waals surface area contributed by atoms with E-state index in [-0.39, 0.29) is 0 Å². The largest absolute Gasteiger partial charge is 0.399 e. The molecule has 0 radical (unpaired) electrons. The lowest BCUT2D eigenvalue weighted by atomic mass is 10.1. The average molecular weight is 272 g/mol. The number of nitrogen functional groups attached to an aromatic ring is 1. The number of rotatable bonds is 2. The van der Waals surface area contributed by atoms with Crippen LogP contribution in [0.3, 0.4) is 0 Å². The summed E-state index contributed by atoms with van der Waals surface area (Å²) >= 11 is 12.0. The summed E-state index contributed by atoms with van der Waals surface area (Å²) < 4.78 is 1.51. The number of aryl methyl sites for hydroxylation is 1. The summed E-state index contributed by atoms with van der Waals surface area (Å²) in [5.41, 5.74) is 7.19. The van der Waals surface area contributed by atoms with Crippen molar-refractivity contribution in [3.63, 3.8) is 0 Å². The normalized spacial score (nSPS) is 12.7. The predicted octanol–water partition coefficient (Wildman–Crippen LogP) is 2.39. The topological polar surface area (TPSA) is 64.1 Å². The molecular weight excluding hydrogens is 261 g/mol. The molecule has 0 spiro atoms. The zero-order valence-corrected chi connectivity index (χ0v) is 10.6. The lowest BCUT2D eigenvalue weighted by molar-refractivity contribution is 0.210. The van der Waals surface area contributed by atoms with E-state index in [1.807, 2.05) is 0 Å². The second-order valence-electron chi connectivity index (χ2n) is 3.68. The Morgan fingerprint density at radius 2 is 2.06 bits per heavy atom. The van der Waals surface area contributed by atoms with E-state index in [1.54, 1.807) is 25.2 Å². The molecule has 0 saturated heterocycles. The molecule has 4 nitrogen and oxygen atoms in total. The van der Waals surface area contributed by atoms with Crippen LogP contribution < -0.4 is 5.73 Å². The zero-order valence-electron chi connectivity index (χ0n) is 9.06. The van der Waals surface area contributed by atoms with E-state index in [1.165, 1.54) is 10.9 Å². The highest BCUT2D eigenvalue weighted by molar-refractivity contribution is 6.32. The first-order valence-electron chi connectivity index (χ1n) is 4.91. The van der Waals surface area contributed by atoms with E-state index in [0.717, 1.165) is 0 Å². The maximum absolute atomic E-state index is 10.2. The molecule has 17 heavy (non-hydrogen) atoms. The standard InChI is InChI=1S/C11H11Cl2N3O/c1-16-10(9(13)5-15-16)11(17)7-3-2-6(14)4-8(7)12/h2-5,11,17H,14H2,1H3. The minimum absolute atomic E-state index is 0.396.